The predicted octanol–water partition coefficient (Wildman–Crippen LogP) is 4.45. The average molecular weight is 386 g/mol. The van der Waals surface area contributed by atoms with Gasteiger partial charge in [-0.15, -0.1) is 11.3 Å². The van der Waals surface area contributed by atoms with E-state index in [4.69, 9.17) is 0 Å². The van der Waals surface area contributed by atoms with Gasteiger partial charge < -0.3 is 10.2 Å². The van der Waals surface area contributed by atoms with Crippen molar-refractivity contribution in [2.75, 3.05) is 24.5 Å². The molecule has 0 aliphatic heterocycles. The van der Waals surface area contributed by atoms with Crippen LogP contribution in [0.4, 0.5) is 5.69 Å². The second kappa shape index (κ2) is 9.50. The maximum Gasteiger partial charge on any atom is 0.226 e. The topological polar surface area (TPSA) is 45.2 Å². The number of thiophene rings is 1. The predicted molar refractivity (Wildman–Crippen MR) is 111 cm³/mol. The Morgan fingerprint density at radius 3 is 2.77 bits per heavy atom. The number of hydrogen-bond acceptors (Lipinski definition) is 5. The van der Waals surface area contributed by atoms with Crippen molar-refractivity contribution in [3.63, 3.8) is 0 Å². The molecular formula is C20H23N3OS2. The molecule has 3 rings (SSSR count). The zero-order valence-electron chi connectivity index (χ0n) is 14.9. The normalized spacial score (nSPS) is 10.7. The molecule has 26 heavy (non-hydrogen) atoms. The molecule has 6 heteroatoms. The van der Waals surface area contributed by atoms with Crippen LogP contribution >= 0.6 is 22.7 Å². The van der Waals surface area contributed by atoms with Gasteiger partial charge in [-0.1, -0.05) is 18.2 Å². The number of rotatable bonds is 9. The molecule has 0 saturated carbocycles. The van der Waals surface area contributed by atoms with Gasteiger partial charge in [-0.2, -0.15) is 11.3 Å². The first kappa shape index (κ1) is 18.6. The van der Waals surface area contributed by atoms with Gasteiger partial charge in [0.05, 0.1) is 12.1 Å². The van der Waals surface area contributed by atoms with Crippen LogP contribution in [0.25, 0.3) is 10.6 Å². The fourth-order valence-corrected chi connectivity index (χ4v) is 4.27. The summed E-state index contributed by atoms with van der Waals surface area (Å²) in [5.41, 5.74) is 3.20. The monoisotopic (exact) mass is 385 g/mol. The number of carbonyl (C=O) groups is 1. The Kier molecular flexibility index (Phi) is 6.80. The van der Waals surface area contributed by atoms with E-state index in [9.17, 15) is 4.79 Å². The van der Waals surface area contributed by atoms with Gasteiger partial charge in [0.15, 0.2) is 0 Å². The number of nitrogens with zero attached hydrogens (tertiary/aromatic N) is 2. The van der Waals surface area contributed by atoms with E-state index in [0.29, 0.717) is 13.0 Å². The fraction of sp³-hybridized carbons (Fsp3) is 0.300. The van der Waals surface area contributed by atoms with Crippen LogP contribution in [0.1, 0.15) is 19.0 Å². The third kappa shape index (κ3) is 5.16. The van der Waals surface area contributed by atoms with Crippen molar-refractivity contribution in [2.45, 2.75) is 19.8 Å². The highest BCUT2D eigenvalue weighted by Crippen LogP contribution is 2.25. The summed E-state index contributed by atoms with van der Waals surface area (Å²) in [4.78, 5) is 19.0. The largest absolute Gasteiger partial charge is 0.372 e. The van der Waals surface area contributed by atoms with Crippen molar-refractivity contribution >= 4 is 34.3 Å². The third-order valence-electron chi connectivity index (χ3n) is 4.09. The number of thiazole rings is 1. The molecule has 0 atom stereocenters. The molecule has 2 aromatic heterocycles. The number of aromatic nitrogens is 1. The molecule has 0 spiro atoms. The van der Waals surface area contributed by atoms with Crippen LogP contribution in [0.3, 0.4) is 0 Å². The number of carbonyl (C=O) groups excluding carboxylic acids is 1. The van der Waals surface area contributed by atoms with Gasteiger partial charge in [-0.3, -0.25) is 4.79 Å². The lowest BCUT2D eigenvalue weighted by atomic mass is 10.2. The van der Waals surface area contributed by atoms with E-state index in [-0.39, 0.29) is 5.91 Å². The summed E-state index contributed by atoms with van der Waals surface area (Å²) in [6.45, 7) is 4.73. The number of amides is 1. The number of anilines is 1. The minimum Gasteiger partial charge on any atom is -0.372 e. The van der Waals surface area contributed by atoms with Crippen LogP contribution in [-0.2, 0) is 11.2 Å². The van der Waals surface area contributed by atoms with Gasteiger partial charge in [0.1, 0.15) is 5.01 Å². The minimum atomic E-state index is 0.0370. The van der Waals surface area contributed by atoms with Crippen molar-refractivity contribution in [1.29, 1.82) is 0 Å². The molecule has 2 heterocycles. The van der Waals surface area contributed by atoms with Gasteiger partial charge in [0.2, 0.25) is 5.91 Å². The first-order valence-corrected chi connectivity index (χ1v) is 10.6. The molecule has 0 bridgehead atoms. The van der Waals surface area contributed by atoms with E-state index < -0.39 is 0 Å². The second-order valence-electron chi connectivity index (χ2n) is 5.95. The Morgan fingerprint density at radius 1 is 1.19 bits per heavy atom. The Labute approximate surface area is 162 Å². The van der Waals surface area contributed by atoms with Gasteiger partial charge in [-0.05, 0) is 36.9 Å². The zero-order valence-corrected chi connectivity index (χ0v) is 16.5. The molecule has 0 saturated heterocycles. The quantitative estimate of drug-likeness (QED) is 0.554. The van der Waals surface area contributed by atoms with Gasteiger partial charge in [0.25, 0.3) is 0 Å². The lowest BCUT2D eigenvalue weighted by Crippen LogP contribution is -2.30. The number of benzene rings is 1. The smallest absolute Gasteiger partial charge is 0.226 e. The van der Waals surface area contributed by atoms with Crippen molar-refractivity contribution in [2.24, 2.45) is 0 Å². The third-order valence-corrected chi connectivity index (χ3v) is 5.71. The van der Waals surface area contributed by atoms with Crippen LogP contribution in [0.5, 0.6) is 0 Å². The molecule has 1 amide bonds. The summed E-state index contributed by atoms with van der Waals surface area (Å²) < 4.78 is 0. The molecule has 1 N–H and O–H groups in total. The van der Waals surface area contributed by atoms with Crippen molar-refractivity contribution in [3.8, 4) is 10.6 Å². The number of nitrogens with one attached hydrogen (secondary N) is 1. The zero-order chi connectivity index (χ0) is 18.2. The standard InChI is InChI=1S/C20H23N3OS2/c1-2-23(18-7-4-3-5-8-18)11-6-10-21-19(24)13-17-15-26-20(22-17)16-9-12-25-14-16/h3-5,7-9,12,14-15H,2,6,10-11,13H2,1H3,(H,21,24). The highest BCUT2D eigenvalue weighted by Gasteiger charge is 2.09. The summed E-state index contributed by atoms with van der Waals surface area (Å²) in [5.74, 6) is 0.0370. The minimum absolute atomic E-state index is 0.0370. The first-order chi connectivity index (χ1) is 12.8. The average Bonchev–Trinajstić information content (AvgIpc) is 3.34. The summed E-state index contributed by atoms with van der Waals surface area (Å²) in [7, 11) is 0. The maximum absolute atomic E-state index is 12.1. The van der Waals surface area contributed by atoms with Crippen molar-refractivity contribution < 1.29 is 4.79 Å². The highest BCUT2D eigenvalue weighted by molar-refractivity contribution is 7.14. The Bertz CT molecular complexity index is 800. The summed E-state index contributed by atoms with van der Waals surface area (Å²) in [6, 6.07) is 12.4. The van der Waals surface area contributed by atoms with Crippen LogP contribution in [0.15, 0.2) is 52.5 Å². The molecule has 0 fully saturated rings. The van der Waals surface area contributed by atoms with Crippen LogP contribution < -0.4 is 10.2 Å². The van der Waals surface area contributed by atoms with Gasteiger partial charge >= 0.3 is 0 Å². The van der Waals surface area contributed by atoms with Crippen LogP contribution in [-0.4, -0.2) is 30.5 Å². The Balaban J connectivity index is 1.40. The van der Waals surface area contributed by atoms with Gasteiger partial charge in [0, 0.05) is 41.6 Å². The molecule has 4 nitrogen and oxygen atoms in total. The van der Waals surface area contributed by atoms with E-state index in [1.54, 1.807) is 22.7 Å². The molecular weight excluding hydrogens is 362 g/mol. The Morgan fingerprint density at radius 2 is 2.04 bits per heavy atom. The first-order valence-electron chi connectivity index (χ1n) is 8.80. The lowest BCUT2D eigenvalue weighted by molar-refractivity contribution is -0.120. The van der Waals surface area contributed by atoms with Crippen LogP contribution in [0, 0.1) is 0 Å². The molecule has 1 aromatic carbocycles. The molecule has 136 valence electrons. The molecule has 0 aliphatic carbocycles. The van der Waals surface area contributed by atoms with E-state index in [1.807, 2.05) is 16.8 Å². The van der Waals surface area contributed by atoms with E-state index in [2.05, 4.69) is 57.8 Å². The molecule has 0 unspecified atom stereocenters. The number of para-hydroxylation sites is 1. The van der Waals surface area contributed by atoms with Crippen LogP contribution in [0.2, 0.25) is 0 Å². The summed E-state index contributed by atoms with van der Waals surface area (Å²) in [5, 5.41) is 10.1. The van der Waals surface area contributed by atoms with Gasteiger partial charge in [-0.25, -0.2) is 4.98 Å². The SMILES string of the molecule is CCN(CCCNC(=O)Cc1csc(-c2ccsc2)n1)c1ccccc1. The van der Waals surface area contributed by atoms with E-state index in [0.717, 1.165) is 35.8 Å². The fourth-order valence-electron chi connectivity index (χ4n) is 2.74. The second-order valence-corrected chi connectivity index (χ2v) is 7.59. The van der Waals surface area contributed by atoms with Crippen molar-refractivity contribution in [3.05, 3.63) is 58.2 Å². The highest BCUT2D eigenvalue weighted by atomic mass is 32.1. The Hall–Kier alpha value is -2.18. The van der Waals surface area contributed by atoms with E-state index >= 15 is 0 Å². The molecule has 0 radical (unpaired) electrons. The summed E-state index contributed by atoms with van der Waals surface area (Å²) >= 11 is 3.25. The molecule has 3 aromatic rings. The van der Waals surface area contributed by atoms with E-state index in [1.165, 1.54) is 5.69 Å². The maximum atomic E-state index is 12.1. The molecule has 0 aliphatic rings. The van der Waals surface area contributed by atoms with Crippen molar-refractivity contribution in [1.82, 2.24) is 10.3 Å². The lowest BCUT2D eigenvalue weighted by Gasteiger charge is -2.23. The summed E-state index contributed by atoms with van der Waals surface area (Å²) in [6.07, 6.45) is 1.27. The number of hydrogen-bond donors (Lipinski definition) is 1.